The Hall–Kier alpha value is 0.532. The van der Waals surface area contributed by atoms with Gasteiger partial charge in [-0.05, 0) is 0 Å². The molecule has 0 aliphatic heterocycles. The van der Waals surface area contributed by atoms with Crippen LogP contribution in [0.4, 0.5) is 0 Å². The van der Waals surface area contributed by atoms with Crippen LogP contribution in [0.15, 0.2) is 0 Å². The first-order chi connectivity index (χ1) is 12.4. The molecule has 0 aromatic rings. The van der Waals surface area contributed by atoms with Gasteiger partial charge in [0.1, 0.15) is 0 Å². The molecule has 0 fully saturated rings. The van der Waals surface area contributed by atoms with Gasteiger partial charge in [-0.3, -0.25) is 0 Å². The zero-order valence-electron chi connectivity index (χ0n) is 19.1. The van der Waals surface area contributed by atoms with Crippen LogP contribution < -0.4 is 0 Å². The molecule has 0 nitrogen and oxygen atoms in total. The van der Waals surface area contributed by atoms with Gasteiger partial charge in [0.2, 0.25) is 0 Å². The molecule has 0 bridgehead atoms. The summed E-state index contributed by atoms with van der Waals surface area (Å²) in [7, 11) is 0. The number of hydrogen-bond acceptors (Lipinski definition) is 0. The molecule has 0 radical (unpaired) electrons. The molecule has 25 heavy (non-hydrogen) atoms. The Morgan fingerprint density at radius 1 is 0.360 bits per heavy atom. The molecule has 0 aliphatic carbocycles. The van der Waals surface area contributed by atoms with Crippen molar-refractivity contribution in [3.63, 3.8) is 0 Å². The number of hydrogen-bond donors (Lipinski definition) is 0. The van der Waals surface area contributed by atoms with Gasteiger partial charge in [-0.1, -0.05) is 0 Å². The van der Waals surface area contributed by atoms with E-state index in [1.165, 1.54) is 128 Å². The van der Waals surface area contributed by atoms with Crippen LogP contribution in [-0.4, -0.2) is 15.2 Å². The van der Waals surface area contributed by atoms with E-state index in [9.17, 15) is 0 Å². The first kappa shape index (κ1) is 25.5. The SMILES string of the molecule is CCCCCCCCCCC[CH2][Al+][CH2]CCCCCCCCCCC.[H-]. The van der Waals surface area contributed by atoms with E-state index < -0.39 is 0 Å². The molecular formula is C24H51Al. The molecule has 0 atom stereocenters. The maximum absolute atomic E-state index is 2.30. The van der Waals surface area contributed by atoms with Gasteiger partial charge < -0.3 is 1.43 Å². The van der Waals surface area contributed by atoms with Gasteiger partial charge in [0.05, 0.1) is 0 Å². The summed E-state index contributed by atoms with van der Waals surface area (Å²) in [6.07, 6.45) is 29.6. The second-order valence-electron chi connectivity index (χ2n) is 8.23. The summed E-state index contributed by atoms with van der Waals surface area (Å²) in [5.41, 5.74) is 0. The summed E-state index contributed by atoms with van der Waals surface area (Å²) >= 11 is 0.780. The molecule has 0 aromatic heterocycles. The Balaban J connectivity index is 0. The number of unbranched alkanes of at least 4 members (excludes halogenated alkanes) is 18. The minimum atomic E-state index is 0. The van der Waals surface area contributed by atoms with Crippen LogP contribution in [-0.2, 0) is 0 Å². The van der Waals surface area contributed by atoms with Crippen LogP contribution in [0.25, 0.3) is 0 Å². The fourth-order valence-corrected chi connectivity index (χ4v) is 5.14. The monoisotopic (exact) mass is 366 g/mol. The second-order valence-corrected chi connectivity index (χ2v) is 9.96. The van der Waals surface area contributed by atoms with Crippen molar-refractivity contribution in [1.82, 2.24) is 0 Å². The van der Waals surface area contributed by atoms with E-state index in [2.05, 4.69) is 13.8 Å². The molecule has 0 spiro atoms. The average Bonchev–Trinajstić information content (AvgIpc) is 2.63. The van der Waals surface area contributed by atoms with Crippen molar-refractivity contribution in [3.8, 4) is 0 Å². The van der Waals surface area contributed by atoms with Crippen molar-refractivity contribution in [1.29, 1.82) is 0 Å². The quantitative estimate of drug-likeness (QED) is 0.132. The van der Waals surface area contributed by atoms with Gasteiger partial charge in [-0.25, -0.2) is 0 Å². The minimum Gasteiger partial charge on any atom is -1.00 e. The van der Waals surface area contributed by atoms with Crippen LogP contribution in [0.1, 0.15) is 144 Å². The maximum atomic E-state index is 2.30. The molecule has 0 aromatic carbocycles. The minimum absolute atomic E-state index is 0. The van der Waals surface area contributed by atoms with Gasteiger partial charge in [-0.15, -0.1) is 0 Å². The van der Waals surface area contributed by atoms with Crippen molar-refractivity contribution in [2.45, 2.75) is 153 Å². The fourth-order valence-electron chi connectivity index (χ4n) is 3.70. The third-order valence-corrected chi connectivity index (χ3v) is 7.16. The first-order valence-electron chi connectivity index (χ1n) is 12.2. The van der Waals surface area contributed by atoms with Crippen molar-refractivity contribution in [2.75, 3.05) is 0 Å². The zero-order valence-corrected chi connectivity index (χ0v) is 19.3. The average molecular weight is 367 g/mol. The van der Waals surface area contributed by atoms with Crippen LogP contribution in [0.5, 0.6) is 0 Å². The van der Waals surface area contributed by atoms with Crippen LogP contribution >= 0.6 is 0 Å². The summed E-state index contributed by atoms with van der Waals surface area (Å²) in [4.78, 5) is 0. The van der Waals surface area contributed by atoms with Crippen molar-refractivity contribution >= 4 is 15.2 Å². The Morgan fingerprint density at radius 3 is 0.880 bits per heavy atom. The molecule has 0 amide bonds. The van der Waals surface area contributed by atoms with E-state index in [1.807, 2.05) is 0 Å². The van der Waals surface area contributed by atoms with Crippen LogP contribution in [0, 0.1) is 0 Å². The van der Waals surface area contributed by atoms with Gasteiger partial charge in [0, 0.05) is 0 Å². The molecule has 150 valence electrons. The summed E-state index contributed by atoms with van der Waals surface area (Å²) < 4.78 is 0. The van der Waals surface area contributed by atoms with Crippen molar-refractivity contribution in [2.24, 2.45) is 0 Å². The number of rotatable bonds is 22. The Bertz CT molecular complexity index is 198. The van der Waals surface area contributed by atoms with Crippen LogP contribution in [0.3, 0.4) is 0 Å². The van der Waals surface area contributed by atoms with E-state index in [0.29, 0.717) is 0 Å². The Labute approximate surface area is 169 Å². The predicted molar refractivity (Wildman–Crippen MR) is 120 cm³/mol. The topological polar surface area (TPSA) is 0 Å². The third-order valence-electron chi connectivity index (χ3n) is 5.52. The molecule has 0 saturated carbocycles. The van der Waals surface area contributed by atoms with Crippen molar-refractivity contribution in [3.05, 3.63) is 0 Å². The smallest absolute Gasteiger partial charge is 1.00 e. The van der Waals surface area contributed by atoms with Crippen LogP contribution in [0.2, 0.25) is 10.6 Å². The molecule has 0 unspecified atom stereocenters. The second kappa shape index (κ2) is 24.5. The van der Waals surface area contributed by atoms with E-state index in [1.54, 1.807) is 10.6 Å². The Morgan fingerprint density at radius 2 is 0.600 bits per heavy atom. The van der Waals surface area contributed by atoms with E-state index in [-0.39, 0.29) is 1.43 Å². The van der Waals surface area contributed by atoms with Gasteiger partial charge in [0.25, 0.3) is 0 Å². The normalized spacial score (nSPS) is 11.0. The summed E-state index contributed by atoms with van der Waals surface area (Å²) in [6, 6.07) is 0. The molecular weight excluding hydrogens is 315 g/mol. The first-order valence-corrected chi connectivity index (χ1v) is 13.9. The molecule has 0 N–H and O–H groups in total. The molecule has 0 aliphatic rings. The molecule has 1 heteroatoms. The van der Waals surface area contributed by atoms with Gasteiger partial charge >= 0.3 is 168 Å². The summed E-state index contributed by atoms with van der Waals surface area (Å²) in [5, 5.41) is 3.15. The Kier molecular flexibility index (Phi) is 25.1. The van der Waals surface area contributed by atoms with E-state index >= 15 is 0 Å². The molecule has 0 saturated heterocycles. The van der Waals surface area contributed by atoms with E-state index in [4.69, 9.17) is 0 Å². The summed E-state index contributed by atoms with van der Waals surface area (Å²) in [5.74, 6) is 0. The van der Waals surface area contributed by atoms with Gasteiger partial charge in [0.15, 0.2) is 0 Å². The molecule has 0 heterocycles. The predicted octanol–water partition coefficient (Wildman–Crippen LogP) is 9.48. The van der Waals surface area contributed by atoms with Crippen molar-refractivity contribution < 1.29 is 1.43 Å². The zero-order chi connectivity index (χ0) is 18.3. The fraction of sp³-hybridized carbons (Fsp3) is 1.00. The standard InChI is InChI=1S/2C12H25.Al.H/c2*1-3-5-7-9-11-12-10-8-6-4-2;;/h2*1,3-12H2,2H3;;/q;;+1;-1. The van der Waals surface area contributed by atoms with E-state index in [0.717, 1.165) is 15.2 Å². The summed E-state index contributed by atoms with van der Waals surface area (Å²) in [6.45, 7) is 4.61. The van der Waals surface area contributed by atoms with Gasteiger partial charge in [-0.2, -0.15) is 0 Å². The third kappa shape index (κ3) is 24.5. The molecule has 0 rings (SSSR count).